The largest absolute Gasteiger partial charge is 0.329 e. The van der Waals surface area contributed by atoms with Crippen LogP contribution in [0, 0.1) is 0 Å². The van der Waals surface area contributed by atoms with Gasteiger partial charge in [-0.1, -0.05) is 30.3 Å². The van der Waals surface area contributed by atoms with Crippen LogP contribution in [0.4, 0.5) is 0 Å². The Bertz CT molecular complexity index is 331. The van der Waals surface area contributed by atoms with Crippen LogP contribution in [0.5, 0.6) is 0 Å². The Kier molecular flexibility index (Phi) is 5.17. The van der Waals surface area contributed by atoms with Crippen LogP contribution in [0.1, 0.15) is 18.4 Å². The molecule has 3 nitrogen and oxygen atoms in total. The highest BCUT2D eigenvalue weighted by Gasteiger charge is 2.21. The molecule has 0 radical (unpaired) electrons. The number of rotatable bonds is 5. The number of benzene rings is 1. The highest BCUT2D eigenvalue weighted by Crippen LogP contribution is 2.17. The van der Waals surface area contributed by atoms with Crippen molar-refractivity contribution < 1.29 is 0 Å². The van der Waals surface area contributed by atoms with Crippen LogP contribution in [0.3, 0.4) is 0 Å². The van der Waals surface area contributed by atoms with Gasteiger partial charge in [-0.25, -0.2) is 0 Å². The van der Waals surface area contributed by atoms with Crippen molar-refractivity contribution in [1.82, 2.24) is 9.80 Å². The molecule has 0 aliphatic carbocycles. The zero-order valence-electron chi connectivity index (χ0n) is 11.4. The molecular formula is C15H25N3. The fourth-order valence-electron chi connectivity index (χ4n) is 2.75. The molecule has 3 heteroatoms. The van der Waals surface area contributed by atoms with Crippen molar-refractivity contribution in [3.63, 3.8) is 0 Å². The van der Waals surface area contributed by atoms with Gasteiger partial charge in [0.25, 0.3) is 0 Å². The van der Waals surface area contributed by atoms with Gasteiger partial charge < -0.3 is 10.6 Å². The van der Waals surface area contributed by atoms with Crippen LogP contribution in [-0.2, 0) is 6.54 Å². The third kappa shape index (κ3) is 3.80. The summed E-state index contributed by atoms with van der Waals surface area (Å²) in [7, 11) is 2.20. The van der Waals surface area contributed by atoms with Gasteiger partial charge in [0.1, 0.15) is 0 Å². The maximum absolute atomic E-state index is 5.61. The van der Waals surface area contributed by atoms with E-state index in [0.29, 0.717) is 0 Å². The summed E-state index contributed by atoms with van der Waals surface area (Å²) in [4.78, 5) is 4.97. The van der Waals surface area contributed by atoms with Crippen LogP contribution in [-0.4, -0.2) is 49.1 Å². The molecule has 0 bridgehead atoms. The van der Waals surface area contributed by atoms with E-state index in [0.717, 1.165) is 25.7 Å². The second-order valence-electron chi connectivity index (χ2n) is 5.26. The van der Waals surface area contributed by atoms with Gasteiger partial charge in [-0.15, -0.1) is 0 Å². The highest BCUT2D eigenvalue weighted by molar-refractivity contribution is 5.14. The van der Waals surface area contributed by atoms with E-state index < -0.39 is 0 Å². The quantitative estimate of drug-likeness (QED) is 0.856. The number of likely N-dealkylation sites (N-methyl/N-ethyl adjacent to an activating group) is 1. The fraction of sp³-hybridized carbons (Fsp3) is 0.600. The summed E-state index contributed by atoms with van der Waals surface area (Å²) in [5.74, 6) is 0. The van der Waals surface area contributed by atoms with E-state index in [2.05, 4.69) is 47.2 Å². The smallest absolute Gasteiger partial charge is 0.0233 e. The van der Waals surface area contributed by atoms with E-state index in [9.17, 15) is 0 Å². The van der Waals surface area contributed by atoms with Crippen molar-refractivity contribution >= 4 is 0 Å². The molecule has 1 heterocycles. The molecule has 18 heavy (non-hydrogen) atoms. The van der Waals surface area contributed by atoms with Gasteiger partial charge in [-0.05, 0) is 38.5 Å². The minimum absolute atomic E-state index is 0.723. The molecule has 1 fully saturated rings. The third-order valence-electron chi connectivity index (χ3n) is 3.91. The molecule has 1 aromatic rings. The predicted molar refractivity (Wildman–Crippen MR) is 76.4 cm³/mol. The zero-order valence-corrected chi connectivity index (χ0v) is 11.4. The van der Waals surface area contributed by atoms with E-state index >= 15 is 0 Å². The highest BCUT2D eigenvalue weighted by atomic mass is 15.2. The van der Waals surface area contributed by atoms with Crippen molar-refractivity contribution in [2.24, 2.45) is 5.73 Å². The minimum Gasteiger partial charge on any atom is -0.329 e. The second-order valence-corrected chi connectivity index (χ2v) is 5.26. The molecule has 0 amide bonds. The molecule has 1 aromatic carbocycles. The monoisotopic (exact) mass is 247 g/mol. The van der Waals surface area contributed by atoms with Crippen molar-refractivity contribution in [2.45, 2.75) is 25.4 Å². The van der Waals surface area contributed by atoms with Gasteiger partial charge in [0.2, 0.25) is 0 Å². The number of nitrogens with two attached hydrogens (primary N) is 1. The summed E-state index contributed by atoms with van der Waals surface area (Å²) in [6.07, 6.45) is 2.53. The summed E-state index contributed by atoms with van der Waals surface area (Å²) in [5.41, 5.74) is 7.04. The average molecular weight is 247 g/mol. The molecule has 2 rings (SSSR count). The average Bonchev–Trinajstić information content (AvgIpc) is 2.41. The third-order valence-corrected chi connectivity index (χ3v) is 3.91. The van der Waals surface area contributed by atoms with Crippen molar-refractivity contribution in [2.75, 3.05) is 33.2 Å². The first-order chi connectivity index (χ1) is 8.79. The molecular weight excluding hydrogens is 222 g/mol. The van der Waals surface area contributed by atoms with Gasteiger partial charge >= 0.3 is 0 Å². The normalized spacial score (nSPS) is 18.4. The molecule has 1 aliphatic rings. The van der Waals surface area contributed by atoms with Crippen molar-refractivity contribution in [3.8, 4) is 0 Å². The summed E-state index contributed by atoms with van der Waals surface area (Å²) >= 11 is 0. The van der Waals surface area contributed by atoms with Crippen LogP contribution in [0.25, 0.3) is 0 Å². The second kappa shape index (κ2) is 6.88. The van der Waals surface area contributed by atoms with Crippen molar-refractivity contribution in [1.29, 1.82) is 0 Å². The Labute approximate surface area is 111 Å². The van der Waals surface area contributed by atoms with Crippen LogP contribution < -0.4 is 5.73 Å². The van der Waals surface area contributed by atoms with E-state index in [4.69, 9.17) is 5.73 Å². The summed E-state index contributed by atoms with van der Waals surface area (Å²) in [5, 5.41) is 0. The Hall–Kier alpha value is -0.900. The lowest BCUT2D eigenvalue weighted by Crippen LogP contribution is -2.44. The maximum atomic E-state index is 5.61. The van der Waals surface area contributed by atoms with Gasteiger partial charge in [0, 0.05) is 25.7 Å². The summed E-state index contributed by atoms with van der Waals surface area (Å²) in [6, 6.07) is 11.5. The number of nitrogens with zero attached hydrogens (tertiary/aromatic N) is 2. The Balaban J connectivity index is 1.77. The number of likely N-dealkylation sites (tertiary alicyclic amines) is 1. The first-order valence-electron chi connectivity index (χ1n) is 6.96. The van der Waals surface area contributed by atoms with Crippen LogP contribution in [0.2, 0.25) is 0 Å². The van der Waals surface area contributed by atoms with Gasteiger partial charge in [0.15, 0.2) is 0 Å². The molecule has 0 spiro atoms. The Morgan fingerprint density at radius 3 is 2.50 bits per heavy atom. The van der Waals surface area contributed by atoms with E-state index in [1.54, 1.807) is 0 Å². The minimum atomic E-state index is 0.723. The van der Waals surface area contributed by atoms with Gasteiger partial charge in [0.05, 0.1) is 0 Å². The topological polar surface area (TPSA) is 32.5 Å². The predicted octanol–water partition coefficient (Wildman–Crippen LogP) is 1.54. The molecule has 1 aliphatic heterocycles. The van der Waals surface area contributed by atoms with Crippen LogP contribution in [0.15, 0.2) is 30.3 Å². The molecule has 0 saturated carbocycles. The lowest BCUT2D eigenvalue weighted by molar-refractivity contribution is 0.125. The van der Waals surface area contributed by atoms with Crippen molar-refractivity contribution in [3.05, 3.63) is 35.9 Å². The Morgan fingerprint density at radius 2 is 1.89 bits per heavy atom. The molecule has 0 atom stereocenters. The fourth-order valence-corrected chi connectivity index (χ4v) is 2.75. The molecule has 100 valence electrons. The van der Waals surface area contributed by atoms with Crippen LogP contribution >= 0.6 is 0 Å². The SMILES string of the molecule is CN(CCN)C1CCN(Cc2ccccc2)CC1. The summed E-state index contributed by atoms with van der Waals surface area (Å²) in [6.45, 7) is 5.28. The van der Waals surface area contributed by atoms with Gasteiger partial charge in [-0.2, -0.15) is 0 Å². The number of hydrogen-bond acceptors (Lipinski definition) is 3. The number of piperidine rings is 1. The van der Waals surface area contributed by atoms with E-state index in [1.165, 1.54) is 31.5 Å². The zero-order chi connectivity index (χ0) is 12.8. The van der Waals surface area contributed by atoms with Gasteiger partial charge in [-0.3, -0.25) is 4.90 Å². The van der Waals surface area contributed by atoms with E-state index in [-0.39, 0.29) is 0 Å². The first-order valence-corrected chi connectivity index (χ1v) is 6.96. The Morgan fingerprint density at radius 1 is 1.22 bits per heavy atom. The molecule has 0 aromatic heterocycles. The molecule has 1 saturated heterocycles. The number of hydrogen-bond donors (Lipinski definition) is 1. The molecule has 0 unspecified atom stereocenters. The van der Waals surface area contributed by atoms with E-state index in [1.807, 2.05) is 0 Å². The maximum Gasteiger partial charge on any atom is 0.0233 e. The lowest BCUT2D eigenvalue weighted by atomic mass is 10.0. The standard InChI is InChI=1S/C15H25N3/c1-17(12-9-16)15-7-10-18(11-8-15)13-14-5-3-2-4-6-14/h2-6,15H,7-13,16H2,1H3. The molecule has 2 N–H and O–H groups in total. The summed E-state index contributed by atoms with van der Waals surface area (Å²) < 4.78 is 0. The first kappa shape index (κ1) is 13.5. The lowest BCUT2D eigenvalue weighted by Gasteiger charge is -2.36.